The molecular formula is C87H164NO8P. The summed E-state index contributed by atoms with van der Waals surface area (Å²) in [7, 11) is 1.19. The molecule has 0 saturated heterocycles. The highest BCUT2D eigenvalue weighted by atomic mass is 31.2. The first-order valence-corrected chi connectivity index (χ1v) is 44.0. The number of esters is 2. The van der Waals surface area contributed by atoms with Crippen molar-refractivity contribution in [2.75, 3.05) is 47.5 Å². The van der Waals surface area contributed by atoms with Crippen LogP contribution in [0.25, 0.3) is 0 Å². The molecule has 0 saturated carbocycles. The quantitative estimate of drug-likeness (QED) is 0.0195. The number of carbonyl (C=O) groups excluding carboxylic acids is 2. The average molecular weight is 1380 g/mol. The van der Waals surface area contributed by atoms with Gasteiger partial charge in [-0.3, -0.25) is 14.2 Å². The van der Waals surface area contributed by atoms with Crippen LogP contribution in [0.5, 0.6) is 0 Å². The van der Waals surface area contributed by atoms with Gasteiger partial charge in [0, 0.05) is 12.8 Å². The molecule has 0 heterocycles. The number of nitrogens with zero attached hydrogens (tertiary/aromatic N) is 1. The van der Waals surface area contributed by atoms with Crippen LogP contribution >= 0.6 is 7.82 Å². The third kappa shape index (κ3) is 82.6. The molecule has 97 heavy (non-hydrogen) atoms. The van der Waals surface area contributed by atoms with Gasteiger partial charge in [-0.25, -0.2) is 0 Å². The topological polar surface area (TPSA) is 111 Å². The summed E-state index contributed by atoms with van der Waals surface area (Å²) >= 11 is 0. The molecule has 0 aliphatic heterocycles. The fraction of sp³-hybridized carbons (Fsp3) is 0.862. The lowest BCUT2D eigenvalue weighted by atomic mass is 10.0. The average Bonchev–Trinajstić information content (AvgIpc) is 1.69. The molecule has 0 aromatic rings. The second-order valence-electron chi connectivity index (χ2n) is 30.2. The van der Waals surface area contributed by atoms with E-state index in [9.17, 15) is 19.0 Å². The first-order valence-electron chi connectivity index (χ1n) is 42.5. The molecule has 0 aromatic carbocycles. The third-order valence-electron chi connectivity index (χ3n) is 19.3. The number of unbranched alkanes of at least 4 members (excludes halogenated alkanes) is 56. The van der Waals surface area contributed by atoms with Gasteiger partial charge in [-0.2, -0.15) is 0 Å². The minimum Gasteiger partial charge on any atom is -0.756 e. The van der Waals surface area contributed by atoms with E-state index in [0.717, 1.165) is 64.2 Å². The van der Waals surface area contributed by atoms with Crippen molar-refractivity contribution in [2.24, 2.45) is 0 Å². The van der Waals surface area contributed by atoms with Crippen molar-refractivity contribution in [1.29, 1.82) is 0 Å². The minimum absolute atomic E-state index is 0.0274. The Morgan fingerprint density at radius 3 is 0.876 bits per heavy atom. The summed E-state index contributed by atoms with van der Waals surface area (Å²) in [6.07, 6.45) is 105. The van der Waals surface area contributed by atoms with Crippen molar-refractivity contribution >= 4 is 19.8 Å². The van der Waals surface area contributed by atoms with Crippen LogP contribution in [0.1, 0.15) is 431 Å². The van der Waals surface area contributed by atoms with Gasteiger partial charge in [-0.15, -0.1) is 0 Å². The lowest BCUT2D eigenvalue weighted by Crippen LogP contribution is -2.37. The minimum atomic E-state index is -4.64. The van der Waals surface area contributed by atoms with Gasteiger partial charge in [0.25, 0.3) is 7.82 Å². The number of phosphoric acid groups is 1. The molecule has 0 aliphatic carbocycles. The normalized spacial score (nSPS) is 13.3. The van der Waals surface area contributed by atoms with Crippen LogP contribution in [0.15, 0.2) is 60.8 Å². The van der Waals surface area contributed by atoms with Gasteiger partial charge < -0.3 is 27.9 Å². The molecule has 0 aliphatic rings. The number of ether oxygens (including phenoxy) is 2. The molecule has 2 atom stereocenters. The predicted molar refractivity (Wildman–Crippen MR) is 420 cm³/mol. The molecule has 0 radical (unpaired) electrons. The van der Waals surface area contributed by atoms with Crippen LogP contribution in [0.2, 0.25) is 0 Å². The van der Waals surface area contributed by atoms with Gasteiger partial charge in [0.2, 0.25) is 0 Å². The van der Waals surface area contributed by atoms with Crippen molar-refractivity contribution in [2.45, 2.75) is 437 Å². The summed E-state index contributed by atoms with van der Waals surface area (Å²) in [6, 6.07) is 0. The SMILES string of the molecule is CC/C=C\C/C=C\C/C=C\C/C=C\C/C=C\CCCCCCCCCCCCCCCCCCCCCCCCCCCC(=O)OC(COC(=O)CCCCCCCCCCCCCCCCCCCCCCCCCCCCCCCCCC)COP(=O)([O-])OCC[N+](C)(C)C. The van der Waals surface area contributed by atoms with E-state index in [4.69, 9.17) is 18.5 Å². The molecule has 0 aromatic heterocycles. The largest absolute Gasteiger partial charge is 0.756 e. The van der Waals surface area contributed by atoms with Crippen molar-refractivity contribution in [3.05, 3.63) is 60.8 Å². The van der Waals surface area contributed by atoms with E-state index in [2.05, 4.69) is 74.6 Å². The Morgan fingerprint density at radius 1 is 0.330 bits per heavy atom. The van der Waals surface area contributed by atoms with Crippen LogP contribution in [0, 0.1) is 0 Å². The van der Waals surface area contributed by atoms with Crippen molar-refractivity contribution < 1.29 is 42.1 Å². The van der Waals surface area contributed by atoms with Crippen molar-refractivity contribution in [3.63, 3.8) is 0 Å². The lowest BCUT2D eigenvalue weighted by Gasteiger charge is -2.28. The molecular weight excluding hydrogens is 1220 g/mol. The Morgan fingerprint density at radius 2 is 0.588 bits per heavy atom. The van der Waals surface area contributed by atoms with Gasteiger partial charge in [0.1, 0.15) is 19.8 Å². The monoisotopic (exact) mass is 1380 g/mol. The standard InChI is InChI=1S/C87H164NO8P/c1-6-8-10-12-14-16-18-20-22-24-26-28-30-32-34-36-38-40-41-42-43-44-45-46-47-48-50-52-54-56-58-60-62-64-66-68-70-72-74-76-78-80-87(90)96-85(84-95-97(91,92)94-82-81-88(3,4)5)83-93-86(89)79-77-75-73-71-69-67-65-63-61-59-57-55-53-51-49-39-37-35-33-31-29-27-25-23-21-19-17-15-13-11-9-7-2/h8,10,14,16,20,22,26,28,32,34,85H,6-7,9,11-13,15,17-19,21,23-25,27,29-31,33,35-84H2,1-5H3/b10-8-,16-14-,22-20-,28-26-,34-32-. The Bertz CT molecular complexity index is 1820. The van der Waals surface area contributed by atoms with Crippen LogP contribution < -0.4 is 4.89 Å². The van der Waals surface area contributed by atoms with Gasteiger partial charge in [-0.05, 0) is 57.8 Å². The van der Waals surface area contributed by atoms with Crippen LogP contribution in [0.3, 0.4) is 0 Å². The lowest BCUT2D eigenvalue weighted by molar-refractivity contribution is -0.870. The summed E-state index contributed by atoms with van der Waals surface area (Å²) in [5.74, 6) is -0.806. The van der Waals surface area contributed by atoms with Crippen molar-refractivity contribution in [3.8, 4) is 0 Å². The predicted octanol–water partition coefficient (Wildman–Crippen LogP) is 27.8. The number of phosphoric ester groups is 1. The summed E-state index contributed by atoms with van der Waals surface area (Å²) < 4.78 is 34.5. The van der Waals surface area contributed by atoms with Crippen LogP contribution in [-0.2, 0) is 32.7 Å². The van der Waals surface area contributed by atoms with Crippen LogP contribution in [0.4, 0.5) is 0 Å². The summed E-state index contributed by atoms with van der Waals surface area (Å²) in [5, 5.41) is 0. The van der Waals surface area contributed by atoms with Gasteiger partial charge in [0.15, 0.2) is 6.10 Å². The molecule has 0 fully saturated rings. The van der Waals surface area contributed by atoms with E-state index in [0.29, 0.717) is 17.4 Å². The van der Waals surface area contributed by atoms with Gasteiger partial charge in [-0.1, -0.05) is 421 Å². The zero-order valence-corrected chi connectivity index (χ0v) is 66.2. The molecule has 0 amide bonds. The van der Waals surface area contributed by atoms with E-state index in [-0.39, 0.29) is 32.0 Å². The van der Waals surface area contributed by atoms with Crippen LogP contribution in [-0.4, -0.2) is 70.0 Å². The van der Waals surface area contributed by atoms with Gasteiger partial charge >= 0.3 is 11.9 Å². The number of hydrogen-bond donors (Lipinski definition) is 0. The Labute approximate surface area is 604 Å². The fourth-order valence-electron chi connectivity index (χ4n) is 12.9. The molecule has 0 N–H and O–H groups in total. The van der Waals surface area contributed by atoms with Crippen molar-refractivity contribution in [1.82, 2.24) is 0 Å². The molecule has 0 spiro atoms. The summed E-state index contributed by atoms with van der Waals surface area (Å²) in [5.41, 5.74) is 0. The second kappa shape index (κ2) is 77.9. The van der Waals surface area contributed by atoms with E-state index < -0.39 is 26.5 Å². The fourth-order valence-corrected chi connectivity index (χ4v) is 13.6. The zero-order valence-electron chi connectivity index (χ0n) is 65.3. The van der Waals surface area contributed by atoms with E-state index >= 15 is 0 Å². The molecule has 0 bridgehead atoms. The summed E-state index contributed by atoms with van der Waals surface area (Å²) in [4.78, 5) is 38.2. The zero-order chi connectivity index (χ0) is 70.4. The highest BCUT2D eigenvalue weighted by molar-refractivity contribution is 7.45. The highest BCUT2D eigenvalue weighted by Gasteiger charge is 2.22. The number of carbonyl (C=O) groups is 2. The Kier molecular flexibility index (Phi) is 76.0. The number of quaternary nitrogens is 1. The Hall–Kier alpha value is -2.29. The second-order valence-corrected chi connectivity index (χ2v) is 31.6. The maximum absolute atomic E-state index is 12.9. The molecule has 2 unspecified atom stereocenters. The molecule has 10 heteroatoms. The first-order chi connectivity index (χ1) is 47.5. The number of hydrogen-bond acceptors (Lipinski definition) is 8. The molecule has 9 nitrogen and oxygen atoms in total. The number of rotatable bonds is 80. The Balaban J connectivity index is 3.87. The third-order valence-corrected chi connectivity index (χ3v) is 20.3. The highest BCUT2D eigenvalue weighted by Crippen LogP contribution is 2.38. The molecule has 570 valence electrons. The maximum atomic E-state index is 12.9. The number of likely N-dealkylation sites (N-methyl/N-ethyl adjacent to an activating group) is 1. The maximum Gasteiger partial charge on any atom is 0.306 e. The van der Waals surface area contributed by atoms with E-state index in [1.165, 1.54) is 334 Å². The van der Waals surface area contributed by atoms with E-state index in [1.54, 1.807) is 0 Å². The summed E-state index contributed by atoms with van der Waals surface area (Å²) in [6.45, 7) is 4.21. The van der Waals surface area contributed by atoms with Gasteiger partial charge in [0.05, 0.1) is 27.7 Å². The first kappa shape index (κ1) is 94.7. The van der Waals surface area contributed by atoms with E-state index in [1.807, 2.05) is 21.1 Å². The smallest absolute Gasteiger partial charge is 0.306 e. The molecule has 0 rings (SSSR count). The number of allylic oxidation sites excluding steroid dienone is 10.